The normalized spacial score (nSPS) is 16.0. The number of nitrogens with zero attached hydrogens (tertiary/aromatic N) is 1. The van der Waals surface area contributed by atoms with Crippen LogP contribution in [0.1, 0.15) is 68.2 Å². The molecule has 1 heterocycles. The van der Waals surface area contributed by atoms with E-state index in [9.17, 15) is 14.4 Å². The second kappa shape index (κ2) is 16.0. The first-order valence-corrected chi connectivity index (χ1v) is 15.4. The minimum Gasteiger partial charge on any atom is -0.493 e. The smallest absolute Gasteiger partial charge is 0.341 e. The van der Waals surface area contributed by atoms with Crippen LogP contribution in [-0.2, 0) is 25.5 Å². The van der Waals surface area contributed by atoms with Gasteiger partial charge in [-0.2, -0.15) is 0 Å². The molecule has 9 nitrogen and oxygen atoms in total. The molecule has 3 aromatic rings. The molecule has 0 aliphatic carbocycles. The molecule has 1 saturated heterocycles. The largest absolute Gasteiger partial charge is 0.493 e. The van der Waals surface area contributed by atoms with Crippen LogP contribution >= 0.6 is 0 Å². The van der Waals surface area contributed by atoms with Gasteiger partial charge in [0, 0.05) is 6.54 Å². The number of esters is 1. The van der Waals surface area contributed by atoms with Gasteiger partial charge in [-0.05, 0) is 79.0 Å². The number of piperidine rings is 1. The summed E-state index contributed by atoms with van der Waals surface area (Å²) < 4.78 is 22.5. The lowest BCUT2D eigenvalue weighted by atomic mass is 9.86. The third-order valence-electron chi connectivity index (χ3n) is 8.14. The molecule has 0 radical (unpaired) electrons. The van der Waals surface area contributed by atoms with Gasteiger partial charge in [-0.25, -0.2) is 9.59 Å². The van der Waals surface area contributed by atoms with Crippen LogP contribution in [0.3, 0.4) is 0 Å². The van der Waals surface area contributed by atoms with Crippen molar-refractivity contribution in [3.8, 4) is 17.2 Å². The van der Waals surface area contributed by atoms with Gasteiger partial charge in [0.2, 0.25) is 5.91 Å². The SMILES string of the molecule is COc1ccc(CC[C@@H](OC(=O)[C@@H]2CCCCN2C(=O)[C@H](c2ccccc2)C(C)C)c2cccc(OCC(=O)O)c2)cc1OC. The summed E-state index contributed by atoms with van der Waals surface area (Å²) in [6.45, 7) is 4.05. The number of aliphatic carboxylic acids is 1. The van der Waals surface area contributed by atoms with E-state index in [0.717, 1.165) is 24.0 Å². The van der Waals surface area contributed by atoms with E-state index < -0.39 is 30.7 Å². The molecule has 1 aliphatic rings. The van der Waals surface area contributed by atoms with Crippen molar-refractivity contribution in [2.75, 3.05) is 27.4 Å². The maximum atomic E-state index is 14.0. The van der Waals surface area contributed by atoms with Gasteiger partial charge in [-0.3, -0.25) is 4.79 Å². The summed E-state index contributed by atoms with van der Waals surface area (Å²) in [6.07, 6.45) is 2.47. The fourth-order valence-corrected chi connectivity index (χ4v) is 5.89. The molecule has 1 fully saturated rings. The molecule has 1 N–H and O–H groups in total. The quantitative estimate of drug-likeness (QED) is 0.213. The van der Waals surface area contributed by atoms with Gasteiger partial charge in [0.15, 0.2) is 18.1 Å². The van der Waals surface area contributed by atoms with E-state index in [4.69, 9.17) is 24.1 Å². The molecular formula is C36H43NO8. The van der Waals surface area contributed by atoms with E-state index in [1.165, 1.54) is 0 Å². The average Bonchev–Trinajstić information content (AvgIpc) is 3.05. The lowest BCUT2D eigenvalue weighted by Gasteiger charge is -2.38. The molecule has 0 aromatic heterocycles. The predicted molar refractivity (Wildman–Crippen MR) is 170 cm³/mol. The molecule has 0 spiro atoms. The predicted octanol–water partition coefficient (Wildman–Crippen LogP) is 6.21. The third-order valence-corrected chi connectivity index (χ3v) is 8.14. The Morgan fingerprint density at radius 3 is 2.31 bits per heavy atom. The van der Waals surface area contributed by atoms with Crippen molar-refractivity contribution in [1.29, 1.82) is 0 Å². The summed E-state index contributed by atoms with van der Waals surface area (Å²) in [5.74, 6) is -0.360. The summed E-state index contributed by atoms with van der Waals surface area (Å²) in [5, 5.41) is 9.08. The molecule has 45 heavy (non-hydrogen) atoms. The zero-order valence-electron chi connectivity index (χ0n) is 26.4. The number of likely N-dealkylation sites (tertiary alicyclic amines) is 1. The number of carbonyl (C=O) groups excluding carboxylic acids is 2. The lowest BCUT2D eigenvalue weighted by molar-refractivity contribution is -0.163. The van der Waals surface area contributed by atoms with Crippen LogP contribution in [0.5, 0.6) is 17.2 Å². The minimum atomic E-state index is -1.09. The number of ether oxygens (including phenoxy) is 4. The van der Waals surface area contributed by atoms with E-state index in [1.807, 2.05) is 68.4 Å². The molecule has 0 unspecified atom stereocenters. The van der Waals surface area contributed by atoms with Crippen molar-refractivity contribution in [3.63, 3.8) is 0 Å². The highest BCUT2D eigenvalue weighted by Gasteiger charge is 2.38. The number of aryl methyl sites for hydroxylation is 1. The maximum Gasteiger partial charge on any atom is 0.341 e. The molecule has 0 saturated carbocycles. The van der Waals surface area contributed by atoms with Crippen molar-refractivity contribution in [2.45, 2.75) is 64.0 Å². The monoisotopic (exact) mass is 617 g/mol. The summed E-state index contributed by atoms with van der Waals surface area (Å²) in [7, 11) is 3.16. The van der Waals surface area contributed by atoms with Crippen molar-refractivity contribution in [2.24, 2.45) is 5.92 Å². The van der Waals surface area contributed by atoms with Crippen LogP contribution in [0.2, 0.25) is 0 Å². The second-order valence-electron chi connectivity index (χ2n) is 11.6. The molecule has 4 rings (SSSR count). The number of carboxylic acid groups (broad SMARTS) is 1. The molecule has 0 bridgehead atoms. The van der Waals surface area contributed by atoms with Crippen LogP contribution in [0.4, 0.5) is 0 Å². The van der Waals surface area contributed by atoms with E-state index in [-0.39, 0.29) is 17.7 Å². The molecule has 1 aliphatic heterocycles. The summed E-state index contributed by atoms with van der Waals surface area (Å²) in [6, 6.07) is 21.6. The molecule has 3 atom stereocenters. The van der Waals surface area contributed by atoms with Crippen LogP contribution in [0.25, 0.3) is 0 Å². The first kappa shape index (κ1) is 33.4. The Morgan fingerprint density at radius 2 is 1.62 bits per heavy atom. The first-order valence-electron chi connectivity index (χ1n) is 15.4. The van der Waals surface area contributed by atoms with Gasteiger partial charge in [0.05, 0.1) is 20.1 Å². The van der Waals surface area contributed by atoms with Gasteiger partial charge in [0.25, 0.3) is 0 Å². The summed E-state index contributed by atoms with van der Waals surface area (Å²) in [5.41, 5.74) is 2.56. The second-order valence-corrected chi connectivity index (χ2v) is 11.6. The van der Waals surface area contributed by atoms with Crippen LogP contribution in [-0.4, -0.2) is 61.3 Å². The van der Waals surface area contributed by atoms with Crippen molar-refractivity contribution in [3.05, 3.63) is 89.5 Å². The lowest BCUT2D eigenvalue weighted by Crippen LogP contribution is -2.51. The number of benzene rings is 3. The van der Waals surface area contributed by atoms with Crippen molar-refractivity contribution in [1.82, 2.24) is 4.90 Å². The topological polar surface area (TPSA) is 112 Å². The standard InChI is InChI=1S/C36H43NO8/c1-24(2)34(26-11-6-5-7-12-26)35(40)37-20-9-8-15-29(37)36(41)45-30(27-13-10-14-28(22-27)44-23-33(38)39)18-16-25-17-19-31(42-3)32(21-25)43-4/h5-7,10-14,17,19,21-22,24,29-30,34H,8-9,15-16,18,20,23H2,1-4H3,(H,38,39)/t29-,30+,34-/m0/s1. The highest BCUT2D eigenvalue weighted by molar-refractivity contribution is 5.89. The number of carboxylic acids is 1. The fourth-order valence-electron chi connectivity index (χ4n) is 5.89. The van der Waals surface area contributed by atoms with E-state index in [1.54, 1.807) is 37.3 Å². The highest BCUT2D eigenvalue weighted by Crippen LogP contribution is 2.34. The van der Waals surface area contributed by atoms with E-state index in [0.29, 0.717) is 48.6 Å². The molecule has 9 heteroatoms. The van der Waals surface area contributed by atoms with E-state index in [2.05, 4.69) is 0 Å². The summed E-state index contributed by atoms with van der Waals surface area (Å²) in [4.78, 5) is 40.8. The zero-order chi connectivity index (χ0) is 32.3. The van der Waals surface area contributed by atoms with Gasteiger partial charge >= 0.3 is 11.9 Å². The Hall–Kier alpha value is -4.53. The van der Waals surface area contributed by atoms with Gasteiger partial charge in [-0.1, -0.05) is 62.4 Å². The van der Waals surface area contributed by atoms with Gasteiger partial charge < -0.3 is 29.0 Å². The minimum absolute atomic E-state index is 0.0428. The molecule has 1 amide bonds. The number of hydrogen-bond donors (Lipinski definition) is 1. The zero-order valence-corrected chi connectivity index (χ0v) is 26.4. The van der Waals surface area contributed by atoms with Crippen LogP contribution in [0, 0.1) is 5.92 Å². The van der Waals surface area contributed by atoms with Gasteiger partial charge in [0.1, 0.15) is 17.9 Å². The highest BCUT2D eigenvalue weighted by atomic mass is 16.5. The number of rotatable bonds is 14. The molecular weight excluding hydrogens is 574 g/mol. The number of amides is 1. The summed E-state index contributed by atoms with van der Waals surface area (Å²) >= 11 is 0. The number of carbonyl (C=O) groups is 3. The average molecular weight is 618 g/mol. The fraction of sp³-hybridized carbons (Fsp3) is 0.417. The van der Waals surface area contributed by atoms with Crippen LogP contribution < -0.4 is 14.2 Å². The Labute approximate surface area is 265 Å². The number of hydrogen-bond acceptors (Lipinski definition) is 7. The van der Waals surface area contributed by atoms with Crippen molar-refractivity contribution < 1.29 is 38.4 Å². The number of methoxy groups -OCH3 is 2. The Kier molecular flexibility index (Phi) is 11.8. The third kappa shape index (κ3) is 8.77. The van der Waals surface area contributed by atoms with Crippen LogP contribution in [0.15, 0.2) is 72.8 Å². The van der Waals surface area contributed by atoms with Crippen molar-refractivity contribution >= 4 is 17.8 Å². The Balaban J connectivity index is 1.59. The Bertz CT molecular complexity index is 1440. The Morgan fingerprint density at radius 1 is 0.889 bits per heavy atom. The first-order chi connectivity index (χ1) is 21.7. The van der Waals surface area contributed by atoms with E-state index >= 15 is 0 Å². The molecule has 3 aromatic carbocycles. The molecule has 240 valence electrons. The maximum absolute atomic E-state index is 14.0. The van der Waals surface area contributed by atoms with Gasteiger partial charge in [-0.15, -0.1) is 0 Å².